The van der Waals surface area contributed by atoms with Crippen LogP contribution >= 0.6 is 11.6 Å². The Hall–Kier alpha value is -3.07. The fourth-order valence-corrected chi connectivity index (χ4v) is 6.42. The molecule has 0 bridgehead atoms. The standard InChI is InChI=1S/C28H30ClN3O4S/c29-23-11-13-24(14-12-23)37(34,35)32-20-27(36-26-10-3-2-9-25(26)32)28(33)30-18-21-7-6-8-22(17-21)19-31-15-4-1-5-16-31/h2-3,6-14,17,27H,1,4-5,15-16,18-20H2,(H,30,33)/t27-/m1/s1. The molecule has 0 aromatic heterocycles. The van der Waals surface area contributed by atoms with Crippen molar-refractivity contribution in [1.82, 2.24) is 10.2 Å². The van der Waals surface area contributed by atoms with E-state index in [4.69, 9.17) is 16.3 Å². The smallest absolute Gasteiger partial charge is 0.264 e. The van der Waals surface area contributed by atoms with Crippen molar-refractivity contribution in [2.75, 3.05) is 23.9 Å². The molecule has 1 saturated heterocycles. The highest BCUT2D eigenvalue weighted by molar-refractivity contribution is 7.92. The highest BCUT2D eigenvalue weighted by atomic mass is 35.5. The predicted octanol–water partition coefficient (Wildman–Crippen LogP) is 4.60. The second-order valence-corrected chi connectivity index (χ2v) is 11.7. The molecule has 0 spiro atoms. The molecule has 9 heteroatoms. The number of fused-ring (bicyclic) bond motifs is 1. The lowest BCUT2D eigenvalue weighted by Crippen LogP contribution is -2.50. The van der Waals surface area contributed by atoms with Crippen LogP contribution in [0.15, 0.2) is 77.7 Å². The summed E-state index contributed by atoms with van der Waals surface area (Å²) in [5.41, 5.74) is 2.60. The topological polar surface area (TPSA) is 79.0 Å². The molecule has 1 N–H and O–H groups in total. The normalized spacial score (nSPS) is 18.1. The Morgan fingerprint density at radius 1 is 0.946 bits per heavy atom. The predicted molar refractivity (Wildman–Crippen MR) is 144 cm³/mol. The van der Waals surface area contributed by atoms with E-state index in [1.54, 1.807) is 24.3 Å². The second-order valence-electron chi connectivity index (χ2n) is 9.44. The van der Waals surface area contributed by atoms with Crippen LogP contribution in [0.4, 0.5) is 5.69 Å². The molecule has 2 heterocycles. The summed E-state index contributed by atoms with van der Waals surface area (Å²) >= 11 is 5.95. The average Bonchev–Trinajstić information content (AvgIpc) is 2.92. The first kappa shape index (κ1) is 25.6. The van der Waals surface area contributed by atoms with Crippen LogP contribution in [0.2, 0.25) is 5.02 Å². The van der Waals surface area contributed by atoms with Crippen LogP contribution in [0.5, 0.6) is 5.75 Å². The van der Waals surface area contributed by atoms with Gasteiger partial charge in [-0.25, -0.2) is 8.42 Å². The van der Waals surface area contributed by atoms with E-state index < -0.39 is 16.1 Å². The number of carbonyl (C=O) groups is 1. The number of nitrogens with zero attached hydrogens (tertiary/aromatic N) is 2. The highest BCUT2D eigenvalue weighted by Crippen LogP contribution is 2.37. The van der Waals surface area contributed by atoms with Gasteiger partial charge in [0, 0.05) is 18.1 Å². The summed E-state index contributed by atoms with van der Waals surface area (Å²) in [7, 11) is -3.94. The highest BCUT2D eigenvalue weighted by Gasteiger charge is 2.37. The number of hydrogen-bond donors (Lipinski definition) is 1. The van der Waals surface area contributed by atoms with Crippen molar-refractivity contribution >= 4 is 33.2 Å². The minimum absolute atomic E-state index is 0.0956. The summed E-state index contributed by atoms with van der Waals surface area (Å²) in [5, 5.41) is 3.38. The van der Waals surface area contributed by atoms with Crippen molar-refractivity contribution in [3.05, 3.63) is 88.9 Å². The van der Waals surface area contributed by atoms with Gasteiger partial charge in [-0.2, -0.15) is 0 Å². The summed E-state index contributed by atoms with van der Waals surface area (Å²) in [6.07, 6.45) is 2.79. The Morgan fingerprint density at radius 2 is 1.68 bits per heavy atom. The Kier molecular flexibility index (Phi) is 7.69. The van der Waals surface area contributed by atoms with Gasteiger partial charge in [-0.3, -0.25) is 14.0 Å². The van der Waals surface area contributed by atoms with Crippen LogP contribution in [0.3, 0.4) is 0 Å². The zero-order chi connectivity index (χ0) is 25.8. The van der Waals surface area contributed by atoms with Crippen LogP contribution < -0.4 is 14.4 Å². The molecule has 5 rings (SSSR count). The number of piperidine rings is 1. The molecule has 2 aliphatic rings. The largest absolute Gasteiger partial charge is 0.476 e. The minimum atomic E-state index is -3.94. The maximum Gasteiger partial charge on any atom is 0.264 e. The Morgan fingerprint density at radius 3 is 2.46 bits per heavy atom. The first-order valence-electron chi connectivity index (χ1n) is 12.5. The Labute approximate surface area is 223 Å². The molecule has 0 saturated carbocycles. The van der Waals surface area contributed by atoms with Gasteiger partial charge >= 0.3 is 0 Å². The number of ether oxygens (including phenoxy) is 1. The molecule has 1 fully saturated rings. The van der Waals surface area contributed by atoms with Gasteiger partial charge in [0.15, 0.2) is 6.10 Å². The SMILES string of the molecule is O=C(NCc1cccc(CN2CCCCC2)c1)[C@H]1CN(S(=O)(=O)c2ccc(Cl)cc2)c2ccccc2O1. The molecule has 37 heavy (non-hydrogen) atoms. The van der Waals surface area contributed by atoms with Gasteiger partial charge in [0.05, 0.1) is 17.1 Å². The van der Waals surface area contributed by atoms with Crippen molar-refractivity contribution in [2.45, 2.75) is 43.4 Å². The Bertz CT molecular complexity index is 1360. The summed E-state index contributed by atoms with van der Waals surface area (Å²) < 4.78 is 34.2. The maximum absolute atomic E-state index is 13.5. The molecule has 3 aromatic rings. The third-order valence-corrected chi connectivity index (χ3v) is 8.79. The Balaban J connectivity index is 1.29. The van der Waals surface area contributed by atoms with E-state index in [9.17, 15) is 13.2 Å². The van der Waals surface area contributed by atoms with Gasteiger partial charge in [-0.15, -0.1) is 0 Å². The van der Waals surface area contributed by atoms with Gasteiger partial charge in [0.1, 0.15) is 5.75 Å². The van der Waals surface area contributed by atoms with E-state index in [1.165, 1.54) is 53.4 Å². The lowest BCUT2D eigenvalue weighted by molar-refractivity contribution is -0.127. The van der Waals surface area contributed by atoms with Gasteiger partial charge in [-0.05, 0) is 73.5 Å². The molecule has 1 atom stereocenters. The van der Waals surface area contributed by atoms with Crippen LogP contribution in [-0.4, -0.2) is 45.0 Å². The molecule has 3 aromatic carbocycles. The van der Waals surface area contributed by atoms with Crippen LogP contribution in [0.1, 0.15) is 30.4 Å². The number of halogens is 1. The molecular weight excluding hydrogens is 510 g/mol. The number of para-hydroxylation sites is 2. The zero-order valence-electron chi connectivity index (χ0n) is 20.5. The van der Waals surface area contributed by atoms with Crippen molar-refractivity contribution in [3.63, 3.8) is 0 Å². The molecule has 2 aliphatic heterocycles. The molecule has 0 radical (unpaired) electrons. The van der Waals surface area contributed by atoms with Crippen molar-refractivity contribution < 1.29 is 17.9 Å². The van der Waals surface area contributed by atoms with Gasteiger partial charge in [0.2, 0.25) is 0 Å². The summed E-state index contributed by atoms with van der Waals surface area (Å²) in [5.74, 6) is -0.0257. The number of benzene rings is 3. The maximum atomic E-state index is 13.5. The van der Waals surface area contributed by atoms with E-state index >= 15 is 0 Å². The van der Waals surface area contributed by atoms with E-state index in [1.807, 2.05) is 12.1 Å². The summed E-state index contributed by atoms with van der Waals surface area (Å²) in [6, 6.07) is 21.0. The number of hydrogen-bond acceptors (Lipinski definition) is 5. The van der Waals surface area contributed by atoms with E-state index in [0.717, 1.165) is 25.2 Å². The van der Waals surface area contributed by atoms with Crippen molar-refractivity contribution in [1.29, 1.82) is 0 Å². The first-order valence-corrected chi connectivity index (χ1v) is 14.3. The lowest BCUT2D eigenvalue weighted by Gasteiger charge is -2.34. The fraction of sp³-hybridized carbons (Fsp3) is 0.321. The third kappa shape index (κ3) is 5.92. The number of rotatable bonds is 7. The number of sulfonamides is 1. The molecule has 7 nitrogen and oxygen atoms in total. The lowest BCUT2D eigenvalue weighted by atomic mass is 10.1. The van der Waals surface area contributed by atoms with Crippen LogP contribution in [-0.2, 0) is 27.9 Å². The average molecular weight is 540 g/mol. The van der Waals surface area contributed by atoms with E-state index in [2.05, 4.69) is 22.3 Å². The summed E-state index contributed by atoms with van der Waals surface area (Å²) in [4.78, 5) is 15.7. The minimum Gasteiger partial charge on any atom is -0.476 e. The fourth-order valence-electron chi connectivity index (χ4n) is 4.82. The zero-order valence-corrected chi connectivity index (χ0v) is 22.0. The molecule has 0 unspecified atom stereocenters. The van der Waals surface area contributed by atoms with Gasteiger partial charge in [0.25, 0.3) is 15.9 Å². The first-order chi connectivity index (χ1) is 17.9. The van der Waals surface area contributed by atoms with E-state index in [0.29, 0.717) is 23.0 Å². The van der Waals surface area contributed by atoms with Crippen molar-refractivity contribution in [3.8, 4) is 5.75 Å². The van der Waals surface area contributed by atoms with E-state index in [-0.39, 0.29) is 17.3 Å². The number of nitrogens with one attached hydrogen (secondary N) is 1. The van der Waals surface area contributed by atoms with Gasteiger partial charge < -0.3 is 10.1 Å². The molecule has 0 aliphatic carbocycles. The third-order valence-electron chi connectivity index (χ3n) is 6.74. The molecule has 1 amide bonds. The molecule has 194 valence electrons. The number of carbonyl (C=O) groups excluding carboxylic acids is 1. The number of anilines is 1. The van der Waals surface area contributed by atoms with Crippen LogP contribution in [0.25, 0.3) is 0 Å². The second kappa shape index (κ2) is 11.1. The summed E-state index contributed by atoms with van der Waals surface area (Å²) in [6.45, 7) is 3.34. The quantitative estimate of drug-likeness (QED) is 0.475. The number of amides is 1. The molecular formula is C28H30ClN3O4S. The number of likely N-dealkylation sites (tertiary alicyclic amines) is 1. The monoisotopic (exact) mass is 539 g/mol. The van der Waals surface area contributed by atoms with Crippen LogP contribution in [0, 0.1) is 0 Å². The van der Waals surface area contributed by atoms with Crippen molar-refractivity contribution in [2.24, 2.45) is 0 Å². The van der Waals surface area contributed by atoms with Gasteiger partial charge in [-0.1, -0.05) is 54.4 Å².